The van der Waals surface area contributed by atoms with Gasteiger partial charge in [-0.1, -0.05) is 6.92 Å². The lowest BCUT2D eigenvalue weighted by Crippen LogP contribution is -2.70. The van der Waals surface area contributed by atoms with Crippen LogP contribution in [0.3, 0.4) is 0 Å². The quantitative estimate of drug-likeness (QED) is 0.0282. The molecule has 0 bridgehead atoms. The highest BCUT2D eigenvalue weighted by Crippen LogP contribution is 2.40. The second kappa shape index (κ2) is 33.4. The van der Waals surface area contributed by atoms with Gasteiger partial charge >= 0.3 is 5.97 Å². The third-order valence-corrected chi connectivity index (χ3v) is 17.2. The molecule has 40 heteroatoms. The molecule has 3 amide bonds. The molecule has 7 saturated heterocycles. The summed E-state index contributed by atoms with van der Waals surface area (Å²) in [6, 6.07) is -4.62. The average Bonchev–Trinajstić information content (AvgIpc) is 0.787. The van der Waals surface area contributed by atoms with E-state index in [4.69, 9.17) is 66.3 Å². The van der Waals surface area contributed by atoms with Crippen LogP contribution in [0.15, 0.2) is 0 Å². The lowest BCUT2D eigenvalue weighted by molar-refractivity contribution is -0.424. The molecule has 13 unspecified atom stereocenters. The number of amides is 3. The van der Waals surface area contributed by atoms with Gasteiger partial charge in [0.2, 0.25) is 17.7 Å². The first-order valence-corrected chi connectivity index (χ1v) is 29.9. The minimum atomic E-state index is -2.58. The zero-order chi connectivity index (χ0) is 68.8. The molecule has 0 aromatic heterocycles. The summed E-state index contributed by atoms with van der Waals surface area (Å²) in [6.07, 6.45) is -58.5. The molecule has 36 atom stereocenters. The number of rotatable bonds is 26. The van der Waals surface area contributed by atoms with Crippen LogP contribution < -0.4 is 16.0 Å². The minimum Gasteiger partial charge on any atom is -0.410 e. The Hall–Kier alpha value is -3.40. The van der Waals surface area contributed by atoms with E-state index in [-0.39, 0.29) is 6.47 Å². The number of aliphatic hydroxyl groups excluding tert-OH is 19. The molecule has 0 aromatic rings. The molecule has 22 N–H and O–H groups in total. The summed E-state index contributed by atoms with van der Waals surface area (Å²) < 4.78 is 81.3. The largest absolute Gasteiger partial charge is 0.410 e. The number of aliphatic hydroxyl groups is 19. The summed E-state index contributed by atoms with van der Waals surface area (Å²) in [7, 11) is 0. The van der Waals surface area contributed by atoms with Gasteiger partial charge in [0.15, 0.2) is 31.5 Å². The van der Waals surface area contributed by atoms with Crippen LogP contribution in [-0.4, -0.2) is 382 Å². The normalized spacial score (nSPS) is 47.2. The lowest BCUT2D eigenvalue weighted by atomic mass is 9.87. The molecule has 0 spiro atoms. The van der Waals surface area contributed by atoms with Crippen molar-refractivity contribution in [2.45, 2.75) is 255 Å². The number of ether oxygens (including phenoxy) is 14. The summed E-state index contributed by atoms with van der Waals surface area (Å²) in [5.41, 5.74) is 0. The summed E-state index contributed by atoms with van der Waals surface area (Å²) in [5.74, 6) is -5.81. The zero-order valence-corrected chi connectivity index (χ0v) is 50.8. The van der Waals surface area contributed by atoms with Gasteiger partial charge in [-0.15, -0.1) is 0 Å². The number of hydrogen-bond donors (Lipinski definition) is 22. The SMILES string of the molecule is CC(=O)NC1C(O)[C@H](O[C@@H]2OC(CO[C@]3(OC=O)C[C@@H](O)[C@@H](C)C([C@H](O)[C@H](O)CO)O3)[C@H](O)[C@H](O)C2O)[C@H](CO)O[C@H]1OC1[C@@H](OCC2O[C@@H](O[C@@H]3C(CO)O[C@@H](O[C@@H]4C(CO)O[C@@H](C)[C@@H](NC(C)=O)C4O)[C@@H](NC(C)=O)C3O)[C@H](O)C(O)[C@@H]2O)OC(CO)[C@@H](O)[C@@H]1O. The standard InChI is InChI=1S/C53H89N3O37/c1-15-20(66)6-53(82-14-62,93-43(15)31(68)21(67)7-57)81-13-27-34(71)39(76)42(79)51(88-27)91-46-25(11-61)86-49(30(37(46)74)56-19(5)65)92-47-40(77)32(69)22(8-58)84-52(47)80-12-26-33(70)38(75)41(78)50(87-26)90-45-24(10-60)85-48(29(36(45)73)55-18(4)64)89-44-23(9-59)83-16(2)28(35(44)72)54-17(3)63/h14-16,20-52,57-61,66-79H,6-13H2,1-5H3,(H,54,63)(H,55,64)(H,56,65)/t15-,16+,20-,21-,22?,23?,24?,25+,26?,27?,28-,29+,30?,31-,32-,33-,34+,35?,36?,37?,38?,39+,40+,41-,42?,43?,44-,45-,46-,47?,48+,49+,50+,51+,52+,53+/m1/s1. The maximum atomic E-state index is 12.8. The van der Waals surface area contributed by atoms with Crippen LogP contribution in [0, 0.1) is 5.92 Å². The van der Waals surface area contributed by atoms with E-state index in [1.54, 1.807) is 0 Å². The highest BCUT2D eigenvalue weighted by molar-refractivity contribution is 5.74. The molecule has 538 valence electrons. The molecule has 7 heterocycles. The van der Waals surface area contributed by atoms with E-state index >= 15 is 0 Å². The first-order valence-electron chi connectivity index (χ1n) is 29.9. The van der Waals surface area contributed by atoms with Gasteiger partial charge in [0.1, 0.15) is 152 Å². The Labute approximate surface area is 529 Å². The van der Waals surface area contributed by atoms with Crippen molar-refractivity contribution in [3.8, 4) is 0 Å². The van der Waals surface area contributed by atoms with Crippen LogP contribution in [-0.2, 0) is 85.5 Å². The van der Waals surface area contributed by atoms with Gasteiger partial charge in [-0.05, 0) is 6.92 Å². The first-order chi connectivity index (χ1) is 43.9. The Morgan fingerprint density at radius 1 is 0.484 bits per heavy atom. The van der Waals surface area contributed by atoms with Crippen molar-refractivity contribution in [1.29, 1.82) is 0 Å². The molecule has 40 nitrogen and oxygen atoms in total. The molecule has 7 fully saturated rings. The maximum absolute atomic E-state index is 12.8. The van der Waals surface area contributed by atoms with E-state index in [9.17, 15) is 116 Å². The predicted octanol–water partition coefficient (Wildman–Crippen LogP) is -14.2. The smallest absolute Gasteiger partial charge is 0.332 e. The predicted molar refractivity (Wildman–Crippen MR) is 290 cm³/mol. The van der Waals surface area contributed by atoms with E-state index in [2.05, 4.69) is 16.0 Å². The van der Waals surface area contributed by atoms with Gasteiger partial charge in [-0.2, -0.15) is 0 Å². The number of hydrogen-bond acceptors (Lipinski definition) is 37. The third kappa shape index (κ3) is 17.4. The van der Waals surface area contributed by atoms with Crippen molar-refractivity contribution < 1.29 is 183 Å². The fraction of sp³-hybridized carbons (Fsp3) is 0.925. The second-order valence-electron chi connectivity index (χ2n) is 23.8. The lowest BCUT2D eigenvalue weighted by Gasteiger charge is -2.50. The second-order valence-corrected chi connectivity index (χ2v) is 23.8. The van der Waals surface area contributed by atoms with Crippen molar-refractivity contribution in [2.24, 2.45) is 5.92 Å². The van der Waals surface area contributed by atoms with Gasteiger partial charge in [-0.25, -0.2) is 0 Å². The number of carbonyl (C=O) groups excluding carboxylic acids is 4. The summed E-state index contributed by atoms with van der Waals surface area (Å²) in [6.45, 7) is -0.774. The molecule has 0 radical (unpaired) electrons. The Bertz CT molecular complexity index is 2380. The van der Waals surface area contributed by atoms with Crippen molar-refractivity contribution in [2.75, 3.05) is 46.2 Å². The van der Waals surface area contributed by atoms with Crippen LogP contribution in [0.4, 0.5) is 0 Å². The van der Waals surface area contributed by atoms with Crippen LogP contribution >= 0.6 is 0 Å². The van der Waals surface area contributed by atoms with Crippen molar-refractivity contribution >= 4 is 24.2 Å². The van der Waals surface area contributed by atoms with E-state index in [1.807, 2.05) is 0 Å². The maximum Gasteiger partial charge on any atom is 0.332 e. The Kier molecular flexibility index (Phi) is 27.7. The van der Waals surface area contributed by atoms with Crippen molar-refractivity contribution in [1.82, 2.24) is 16.0 Å². The molecule has 0 aliphatic carbocycles. The highest BCUT2D eigenvalue weighted by atomic mass is 16.9. The summed E-state index contributed by atoms with van der Waals surface area (Å²) >= 11 is 0. The van der Waals surface area contributed by atoms with E-state index in [0.717, 1.165) is 13.8 Å². The van der Waals surface area contributed by atoms with E-state index in [1.165, 1.54) is 20.8 Å². The number of nitrogens with one attached hydrogen (secondary N) is 3. The molecule has 0 aromatic carbocycles. The average molecular weight is 1360 g/mol. The van der Waals surface area contributed by atoms with Gasteiger partial charge in [-0.3, -0.25) is 19.2 Å². The summed E-state index contributed by atoms with van der Waals surface area (Å²) in [4.78, 5) is 49.1. The molecular weight excluding hydrogens is 1270 g/mol. The molecule has 7 rings (SSSR count). The number of carbonyl (C=O) groups is 4. The summed E-state index contributed by atoms with van der Waals surface area (Å²) in [5, 5.41) is 215. The zero-order valence-electron chi connectivity index (χ0n) is 50.8. The Balaban J connectivity index is 1.06. The molecular formula is C53H89N3O37. The Morgan fingerprint density at radius 3 is 1.33 bits per heavy atom. The Morgan fingerprint density at radius 2 is 0.882 bits per heavy atom. The van der Waals surface area contributed by atoms with E-state index in [0.29, 0.717) is 0 Å². The van der Waals surface area contributed by atoms with Crippen molar-refractivity contribution in [3.05, 3.63) is 0 Å². The fourth-order valence-electron chi connectivity index (χ4n) is 12.1. The van der Waals surface area contributed by atoms with Crippen LogP contribution in [0.2, 0.25) is 0 Å². The topological polar surface area (TPSA) is 618 Å². The monoisotopic (exact) mass is 1360 g/mol. The van der Waals surface area contributed by atoms with Crippen LogP contribution in [0.25, 0.3) is 0 Å². The van der Waals surface area contributed by atoms with Gasteiger partial charge < -0.3 is 179 Å². The van der Waals surface area contributed by atoms with Gasteiger partial charge in [0, 0.05) is 26.7 Å². The highest BCUT2D eigenvalue weighted by Gasteiger charge is 2.59. The third-order valence-electron chi connectivity index (χ3n) is 17.2. The molecule has 7 aliphatic heterocycles. The fourth-order valence-corrected chi connectivity index (χ4v) is 12.1. The molecule has 0 saturated carbocycles. The van der Waals surface area contributed by atoms with E-state index < -0.39 is 291 Å². The van der Waals surface area contributed by atoms with Crippen LogP contribution in [0.5, 0.6) is 0 Å². The van der Waals surface area contributed by atoms with Crippen LogP contribution in [0.1, 0.15) is 41.0 Å². The minimum absolute atomic E-state index is 0.156. The first kappa shape index (κ1) is 77.0. The van der Waals surface area contributed by atoms with Gasteiger partial charge in [0.05, 0.1) is 77.0 Å². The van der Waals surface area contributed by atoms with Crippen molar-refractivity contribution in [3.63, 3.8) is 0 Å². The molecule has 7 aliphatic rings. The van der Waals surface area contributed by atoms with Gasteiger partial charge in [0.25, 0.3) is 6.47 Å². The molecule has 93 heavy (non-hydrogen) atoms.